The molecule has 0 rings (SSSR count). The fraction of sp³-hybridized carbons (Fsp3) is 0.944. The maximum Gasteiger partial charge on any atom is 0.410 e. The van der Waals surface area contributed by atoms with Gasteiger partial charge < -0.3 is 14.1 Å². The topological polar surface area (TPSA) is 38.8 Å². The van der Waals surface area contributed by atoms with Crippen molar-refractivity contribution in [3.05, 3.63) is 0 Å². The lowest BCUT2D eigenvalue weighted by Gasteiger charge is -2.44. The Kier molecular flexibility index (Phi) is 8.62. The predicted molar refractivity (Wildman–Crippen MR) is 100 cm³/mol. The van der Waals surface area contributed by atoms with Crippen LogP contribution in [0.15, 0.2) is 0 Å². The Labute approximate surface area is 146 Å². The predicted octanol–water partition coefficient (Wildman–Crippen LogP) is 5.43. The van der Waals surface area contributed by atoms with Gasteiger partial charge in [0.05, 0.1) is 14.1 Å². The third-order valence-electron chi connectivity index (χ3n) is 4.50. The molecule has 0 aromatic carbocycles. The first-order chi connectivity index (χ1) is 10.9. The van der Waals surface area contributed by atoms with Crippen molar-refractivity contribution in [3.8, 4) is 0 Å². The van der Waals surface area contributed by atoms with Gasteiger partial charge in [-0.2, -0.15) is 0 Å². The summed E-state index contributed by atoms with van der Waals surface area (Å²) in [5.41, 5.74) is 1.34. The van der Waals surface area contributed by atoms with Gasteiger partial charge in [-0.1, -0.05) is 41.5 Å². The van der Waals surface area contributed by atoms with Crippen molar-refractivity contribution in [1.82, 2.24) is 4.90 Å². The highest BCUT2D eigenvalue weighted by Gasteiger charge is 2.46. The van der Waals surface area contributed by atoms with E-state index < -0.39 is 20.9 Å². The summed E-state index contributed by atoms with van der Waals surface area (Å²) in [6.07, 6.45) is -0.787. The first kappa shape index (κ1) is 20.5. The Hall–Kier alpha value is -0.553. The summed E-state index contributed by atoms with van der Waals surface area (Å²) in [6, 6.07) is -0.106. The van der Waals surface area contributed by atoms with E-state index in [-0.39, 0.29) is 12.1 Å². The Balaban J connectivity index is 5.48. The molecule has 0 aromatic rings. The zero-order valence-electron chi connectivity index (χ0n) is 17.8. The lowest BCUT2D eigenvalue weighted by Crippen LogP contribution is -2.52. The second kappa shape index (κ2) is 9.67. The molecule has 1 amide bonds. The summed E-state index contributed by atoms with van der Waals surface area (Å²) in [5, 5.41) is 0. The van der Waals surface area contributed by atoms with Gasteiger partial charge >= 0.3 is 6.09 Å². The van der Waals surface area contributed by atoms with E-state index in [4.69, 9.17) is 10.5 Å². The van der Waals surface area contributed by atoms with Crippen LogP contribution in [0.1, 0.15) is 70.6 Å². The third kappa shape index (κ3) is 5.78. The molecule has 0 aliphatic rings. The Morgan fingerprint density at radius 1 is 1.00 bits per heavy atom. The smallest absolute Gasteiger partial charge is 0.410 e. The largest absolute Gasteiger partial charge is 0.450 e. The summed E-state index contributed by atoms with van der Waals surface area (Å²) in [7, 11) is -2.09. The number of nitrogens with zero attached hydrogens (tertiary/aromatic N) is 1. The average molecular weight is 347 g/mol. The van der Waals surface area contributed by atoms with Crippen molar-refractivity contribution in [1.29, 1.82) is 0 Å². The summed E-state index contributed by atoms with van der Waals surface area (Å²) in [6.45, 7) is 20.4. The SMILES string of the molecule is [2H][C@@H]([C@H](C)O[Si](C(C)C)(C(C)C)C(C)C)N(C(=O)OCC)C(C)C. The van der Waals surface area contributed by atoms with Crippen molar-refractivity contribution >= 4 is 14.4 Å². The maximum absolute atomic E-state index is 12.2. The zero-order chi connectivity index (χ0) is 19.2. The highest BCUT2D eigenvalue weighted by Crippen LogP contribution is 2.43. The van der Waals surface area contributed by atoms with Gasteiger partial charge in [0, 0.05) is 12.6 Å². The molecule has 0 aromatic heterocycles. The Morgan fingerprint density at radius 3 is 1.74 bits per heavy atom. The van der Waals surface area contributed by atoms with Crippen LogP contribution in [0.3, 0.4) is 0 Å². The van der Waals surface area contributed by atoms with Crippen LogP contribution in [-0.4, -0.2) is 44.6 Å². The molecule has 0 N–H and O–H groups in total. The van der Waals surface area contributed by atoms with E-state index in [1.165, 1.54) is 4.90 Å². The minimum atomic E-state index is -2.09. The normalized spacial score (nSPS) is 16.0. The monoisotopic (exact) mass is 346 g/mol. The van der Waals surface area contributed by atoms with Crippen molar-refractivity contribution in [2.45, 2.75) is 98.0 Å². The van der Waals surface area contributed by atoms with Gasteiger partial charge in [-0.15, -0.1) is 0 Å². The van der Waals surface area contributed by atoms with Gasteiger partial charge in [0.1, 0.15) is 0 Å². The molecule has 4 nitrogen and oxygen atoms in total. The molecular formula is C18H39NO3Si. The maximum atomic E-state index is 12.2. The van der Waals surface area contributed by atoms with E-state index in [0.717, 1.165) is 0 Å². The minimum absolute atomic E-state index is 0.106. The Morgan fingerprint density at radius 2 is 1.43 bits per heavy atom. The lowest BCUT2D eigenvalue weighted by atomic mass is 10.3. The number of rotatable bonds is 9. The van der Waals surface area contributed by atoms with E-state index >= 15 is 0 Å². The van der Waals surface area contributed by atoms with Crippen LogP contribution < -0.4 is 0 Å². The quantitative estimate of drug-likeness (QED) is 0.522. The van der Waals surface area contributed by atoms with Crippen LogP contribution in [0.4, 0.5) is 4.79 Å². The highest BCUT2D eigenvalue weighted by molar-refractivity contribution is 6.77. The van der Waals surface area contributed by atoms with Crippen LogP contribution in [0.2, 0.25) is 16.6 Å². The van der Waals surface area contributed by atoms with Gasteiger partial charge in [-0.3, -0.25) is 0 Å². The van der Waals surface area contributed by atoms with Crippen LogP contribution in [0, 0.1) is 0 Å². The summed E-state index contributed by atoms with van der Waals surface area (Å²) in [5.74, 6) is 0. The van der Waals surface area contributed by atoms with Crippen molar-refractivity contribution < 1.29 is 15.3 Å². The molecule has 2 atom stereocenters. The molecule has 0 heterocycles. The first-order valence-corrected chi connectivity index (χ1v) is 11.1. The van der Waals surface area contributed by atoms with Crippen LogP contribution >= 0.6 is 0 Å². The fourth-order valence-electron chi connectivity index (χ4n) is 3.63. The van der Waals surface area contributed by atoms with Gasteiger partial charge in [0.2, 0.25) is 8.32 Å². The number of hydrogen-bond acceptors (Lipinski definition) is 3. The minimum Gasteiger partial charge on any atom is -0.450 e. The molecule has 23 heavy (non-hydrogen) atoms. The number of hydrogen-bond donors (Lipinski definition) is 0. The van der Waals surface area contributed by atoms with Crippen LogP contribution in [0.25, 0.3) is 0 Å². The molecule has 5 heteroatoms. The molecule has 0 spiro atoms. The van der Waals surface area contributed by atoms with Crippen LogP contribution in [0.5, 0.6) is 0 Å². The van der Waals surface area contributed by atoms with E-state index in [0.29, 0.717) is 23.2 Å². The Bertz CT molecular complexity index is 367. The van der Waals surface area contributed by atoms with Gasteiger partial charge in [0.25, 0.3) is 0 Å². The molecule has 0 saturated carbocycles. The standard InChI is InChI=1S/C18H39NO3Si/c1-11-21-18(20)19(13(2)3)12-17(10)22-23(14(4)5,15(6)7)16(8)9/h13-17H,11-12H2,1-10H3/t17-/m0/s1/i12D/t12-,17-. The molecule has 0 unspecified atom stereocenters. The molecule has 0 bridgehead atoms. The van der Waals surface area contributed by atoms with Gasteiger partial charge in [0.15, 0.2) is 0 Å². The average Bonchev–Trinajstić information content (AvgIpc) is 2.42. The molecule has 0 aliphatic heterocycles. The van der Waals surface area contributed by atoms with Gasteiger partial charge in [-0.05, 0) is 44.3 Å². The molecule has 0 aliphatic carbocycles. The van der Waals surface area contributed by atoms with E-state index in [1.54, 1.807) is 6.92 Å². The first-order valence-electron chi connectivity index (χ1n) is 9.56. The molecule has 0 fully saturated rings. The lowest BCUT2D eigenvalue weighted by molar-refractivity contribution is 0.0704. The van der Waals surface area contributed by atoms with Crippen molar-refractivity contribution in [2.75, 3.05) is 13.1 Å². The van der Waals surface area contributed by atoms with Crippen molar-refractivity contribution in [2.24, 2.45) is 0 Å². The molecule has 138 valence electrons. The summed E-state index contributed by atoms with van der Waals surface area (Å²) < 4.78 is 20.4. The highest BCUT2D eigenvalue weighted by atomic mass is 28.4. The molecule has 0 saturated heterocycles. The number of ether oxygens (including phenoxy) is 1. The van der Waals surface area contributed by atoms with E-state index in [2.05, 4.69) is 41.5 Å². The summed E-state index contributed by atoms with van der Waals surface area (Å²) >= 11 is 0. The second-order valence-corrected chi connectivity index (χ2v) is 12.9. The number of carbonyl (C=O) groups is 1. The molecular weight excluding hydrogens is 306 g/mol. The number of carbonyl (C=O) groups excluding carboxylic acids is 1. The number of amides is 1. The third-order valence-corrected chi connectivity index (χ3v) is 10.7. The van der Waals surface area contributed by atoms with Crippen LogP contribution in [-0.2, 0) is 9.16 Å². The zero-order valence-corrected chi connectivity index (χ0v) is 17.8. The summed E-state index contributed by atoms with van der Waals surface area (Å²) in [4.78, 5) is 13.7. The van der Waals surface area contributed by atoms with Crippen molar-refractivity contribution in [3.63, 3.8) is 0 Å². The second-order valence-electron chi connectivity index (χ2n) is 7.49. The molecule has 0 radical (unpaired) electrons. The fourth-order valence-corrected chi connectivity index (χ4v) is 9.15. The van der Waals surface area contributed by atoms with Gasteiger partial charge in [-0.25, -0.2) is 4.79 Å². The van der Waals surface area contributed by atoms with E-state index in [9.17, 15) is 4.79 Å². The van der Waals surface area contributed by atoms with E-state index in [1.807, 2.05) is 20.8 Å².